The van der Waals surface area contributed by atoms with Crippen LogP contribution in [0.15, 0.2) is 4.99 Å². The summed E-state index contributed by atoms with van der Waals surface area (Å²) < 4.78 is 4.84. The van der Waals surface area contributed by atoms with E-state index in [-0.39, 0.29) is 0 Å². The first-order valence-corrected chi connectivity index (χ1v) is 3.97. The Morgan fingerprint density at radius 1 is 1.58 bits per heavy atom. The van der Waals surface area contributed by atoms with Crippen LogP contribution in [0, 0.1) is 0 Å². The van der Waals surface area contributed by atoms with Crippen LogP contribution in [0.2, 0.25) is 0 Å². The van der Waals surface area contributed by atoms with Crippen LogP contribution in [0.25, 0.3) is 0 Å². The summed E-state index contributed by atoms with van der Waals surface area (Å²) >= 11 is 0. The Balaban J connectivity index is 3.70. The van der Waals surface area contributed by atoms with Crippen molar-refractivity contribution in [1.82, 2.24) is 10.7 Å². The number of rotatable bonds is 4. The molecular formula is C7H18N4O. The van der Waals surface area contributed by atoms with Crippen LogP contribution in [-0.2, 0) is 4.74 Å². The summed E-state index contributed by atoms with van der Waals surface area (Å²) in [5.74, 6) is 5.82. The van der Waals surface area contributed by atoms with Crippen LogP contribution in [0.5, 0.6) is 0 Å². The molecule has 0 heterocycles. The molecule has 0 aliphatic carbocycles. The number of methoxy groups -OCH3 is 1. The van der Waals surface area contributed by atoms with E-state index in [1.165, 1.54) is 0 Å². The molecule has 0 saturated heterocycles. The van der Waals surface area contributed by atoms with Gasteiger partial charge in [-0.05, 0) is 13.8 Å². The first kappa shape index (κ1) is 11.2. The molecule has 0 radical (unpaired) electrons. The summed E-state index contributed by atoms with van der Waals surface area (Å²) in [6.07, 6.45) is 0. The molecule has 0 aromatic carbocycles. The number of aliphatic imine (C=N–C) groups is 1. The van der Waals surface area contributed by atoms with Gasteiger partial charge >= 0.3 is 0 Å². The highest BCUT2D eigenvalue weighted by Crippen LogP contribution is 1.78. The Morgan fingerprint density at radius 2 is 2.25 bits per heavy atom. The Hall–Kier alpha value is -0.810. The monoisotopic (exact) mass is 174 g/mol. The van der Waals surface area contributed by atoms with Gasteiger partial charge in [-0.25, -0.2) is 10.8 Å². The third-order valence-electron chi connectivity index (χ3n) is 1.13. The summed E-state index contributed by atoms with van der Waals surface area (Å²) in [6.45, 7) is 5.24. The van der Waals surface area contributed by atoms with Crippen molar-refractivity contribution >= 4 is 5.96 Å². The van der Waals surface area contributed by atoms with Crippen LogP contribution in [0.3, 0.4) is 0 Å². The maximum Gasteiger partial charge on any atom is 0.206 e. The predicted molar refractivity (Wildman–Crippen MR) is 49.8 cm³/mol. The van der Waals surface area contributed by atoms with Crippen molar-refractivity contribution in [1.29, 1.82) is 0 Å². The first-order valence-electron chi connectivity index (χ1n) is 3.97. The Kier molecular flexibility index (Phi) is 6.41. The molecule has 0 spiro atoms. The van der Waals surface area contributed by atoms with Crippen molar-refractivity contribution in [3.05, 3.63) is 0 Å². The second-order valence-corrected chi connectivity index (χ2v) is 2.67. The minimum atomic E-state index is 0.322. The Morgan fingerprint density at radius 3 is 2.67 bits per heavy atom. The highest BCUT2D eigenvalue weighted by Gasteiger charge is 1.96. The lowest BCUT2D eigenvalue weighted by atomic mass is 10.4. The van der Waals surface area contributed by atoms with Gasteiger partial charge in [-0.3, -0.25) is 5.43 Å². The molecule has 12 heavy (non-hydrogen) atoms. The zero-order valence-corrected chi connectivity index (χ0v) is 7.92. The van der Waals surface area contributed by atoms with Crippen LogP contribution < -0.4 is 16.6 Å². The quantitative estimate of drug-likeness (QED) is 0.176. The fraction of sp³-hybridized carbons (Fsp3) is 0.857. The van der Waals surface area contributed by atoms with Crippen LogP contribution >= 0.6 is 0 Å². The topological polar surface area (TPSA) is 71.7 Å². The second-order valence-electron chi connectivity index (χ2n) is 2.67. The van der Waals surface area contributed by atoms with E-state index in [0.29, 0.717) is 25.2 Å². The molecule has 0 saturated carbocycles. The number of nitrogens with zero attached hydrogens (tertiary/aromatic N) is 1. The molecule has 0 bridgehead atoms. The number of hydrogen-bond acceptors (Lipinski definition) is 3. The van der Waals surface area contributed by atoms with Crippen molar-refractivity contribution < 1.29 is 4.74 Å². The van der Waals surface area contributed by atoms with E-state index in [0.717, 1.165) is 0 Å². The summed E-state index contributed by atoms with van der Waals surface area (Å²) in [6, 6.07) is 0.322. The number of hydrogen-bond donors (Lipinski definition) is 3. The van der Waals surface area contributed by atoms with Gasteiger partial charge in [0.1, 0.15) is 0 Å². The van der Waals surface area contributed by atoms with Crippen molar-refractivity contribution in [2.45, 2.75) is 19.9 Å². The molecule has 0 fully saturated rings. The van der Waals surface area contributed by atoms with Gasteiger partial charge in [-0.1, -0.05) is 0 Å². The maximum absolute atomic E-state index is 5.22. The number of ether oxygens (including phenoxy) is 1. The first-order chi connectivity index (χ1) is 5.70. The average molecular weight is 174 g/mol. The molecule has 0 rings (SSSR count). The average Bonchev–Trinajstić information content (AvgIpc) is 2.02. The highest BCUT2D eigenvalue weighted by molar-refractivity contribution is 5.79. The number of guanidine groups is 1. The standard InChI is InChI=1S/C7H18N4O/c1-6(2)10-7(11-8)9-4-5-12-3/h6H,4-5,8H2,1-3H3,(H2,9,10,11). The van der Waals surface area contributed by atoms with Gasteiger partial charge < -0.3 is 10.1 Å². The third-order valence-corrected chi connectivity index (χ3v) is 1.13. The number of nitrogens with two attached hydrogens (primary N) is 1. The molecule has 0 unspecified atom stereocenters. The van der Waals surface area contributed by atoms with E-state index in [1.54, 1.807) is 7.11 Å². The zero-order valence-electron chi connectivity index (χ0n) is 7.92. The molecule has 0 aliphatic heterocycles. The SMILES string of the molecule is COCCN=C(NN)NC(C)C. The number of hydrazine groups is 1. The Bertz CT molecular complexity index is 135. The van der Waals surface area contributed by atoms with Gasteiger partial charge in [-0.2, -0.15) is 0 Å². The van der Waals surface area contributed by atoms with E-state index in [2.05, 4.69) is 15.7 Å². The van der Waals surface area contributed by atoms with E-state index in [1.807, 2.05) is 13.8 Å². The van der Waals surface area contributed by atoms with Gasteiger partial charge in [0.2, 0.25) is 5.96 Å². The van der Waals surface area contributed by atoms with Gasteiger partial charge in [-0.15, -0.1) is 0 Å². The molecule has 0 amide bonds. The van der Waals surface area contributed by atoms with Gasteiger partial charge in [0.25, 0.3) is 0 Å². The molecule has 5 heteroatoms. The molecule has 5 nitrogen and oxygen atoms in total. The van der Waals surface area contributed by atoms with Gasteiger partial charge in [0.05, 0.1) is 13.2 Å². The van der Waals surface area contributed by atoms with Crippen LogP contribution in [0.1, 0.15) is 13.8 Å². The van der Waals surface area contributed by atoms with Crippen molar-refractivity contribution in [3.8, 4) is 0 Å². The summed E-state index contributed by atoms with van der Waals surface area (Å²) in [5.41, 5.74) is 2.48. The lowest BCUT2D eigenvalue weighted by Crippen LogP contribution is -2.44. The summed E-state index contributed by atoms with van der Waals surface area (Å²) in [7, 11) is 1.64. The van der Waals surface area contributed by atoms with Gasteiger partial charge in [0, 0.05) is 13.2 Å². The third kappa shape index (κ3) is 5.94. The molecule has 0 aliphatic rings. The van der Waals surface area contributed by atoms with Crippen molar-refractivity contribution in [3.63, 3.8) is 0 Å². The number of nitrogens with one attached hydrogen (secondary N) is 2. The second kappa shape index (κ2) is 6.87. The molecule has 4 N–H and O–H groups in total. The lowest BCUT2D eigenvalue weighted by molar-refractivity contribution is 0.208. The van der Waals surface area contributed by atoms with E-state index >= 15 is 0 Å². The fourth-order valence-electron chi connectivity index (χ4n) is 0.655. The highest BCUT2D eigenvalue weighted by atomic mass is 16.5. The molecule has 0 atom stereocenters. The maximum atomic E-state index is 5.22. The molecule has 0 aromatic rings. The minimum absolute atomic E-state index is 0.322. The fourth-order valence-corrected chi connectivity index (χ4v) is 0.655. The van der Waals surface area contributed by atoms with Crippen LogP contribution in [0.4, 0.5) is 0 Å². The lowest BCUT2D eigenvalue weighted by Gasteiger charge is -2.11. The van der Waals surface area contributed by atoms with E-state index < -0.39 is 0 Å². The summed E-state index contributed by atoms with van der Waals surface area (Å²) in [5, 5.41) is 3.05. The van der Waals surface area contributed by atoms with E-state index in [9.17, 15) is 0 Å². The van der Waals surface area contributed by atoms with Gasteiger partial charge in [0.15, 0.2) is 0 Å². The molecule has 0 aromatic heterocycles. The predicted octanol–water partition coefficient (Wildman–Crippen LogP) is -0.550. The molecule has 72 valence electrons. The summed E-state index contributed by atoms with van der Waals surface area (Å²) in [4.78, 5) is 4.12. The molecular weight excluding hydrogens is 156 g/mol. The smallest absolute Gasteiger partial charge is 0.206 e. The van der Waals surface area contributed by atoms with Crippen LogP contribution in [-0.4, -0.2) is 32.3 Å². The largest absolute Gasteiger partial charge is 0.383 e. The normalized spacial score (nSPS) is 11.9. The Labute approximate surface area is 73.3 Å². The zero-order chi connectivity index (χ0) is 9.40. The van der Waals surface area contributed by atoms with E-state index in [4.69, 9.17) is 10.6 Å². The van der Waals surface area contributed by atoms with Crippen molar-refractivity contribution in [2.75, 3.05) is 20.3 Å². The minimum Gasteiger partial charge on any atom is -0.383 e. The van der Waals surface area contributed by atoms with Crippen molar-refractivity contribution in [2.24, 2.45) is 10.8 Å².